The van der Waals surface area contributed by atoms with Crippen LogP contribution in [0, 0.1) is 0 Å². The molecule has 19 heavy (non-hydrogen) atoms. The minimum absolute atomic E-state index is 0.0502. The van der Waals surface area contributed by atoms with Crippen LogP contribution in [0.1, 0.15) is 31.9 Å². The van der Waals surface area contributed by atoms with Crippen molar-refractivity contribution in [3.8, 4) is 5.75 Å². The summed E-state index contributed by atoms with van der Waals surface area (Å²) in [6.45, 7) is 6.69. The number of ether oxygens (including phenoxy) is 2. The molecule has 1 rings (SSSR count). The van der Waals surface area contributed by atoms with Gasteiger partial charge in [-0.05, 0) is 26.0 Å². The molecule has 0 bridgehead atoms. The van der Waals surface area contributed by atoms with Gasteiger partial charge in [0.15, 0.2) is 0 Å². The first-order valence-electron chi connectivity index (χ1n) is 6.93. The van der Waals surface area contributed by atoms with Gasteiger partial charge in [0.1, 0.15) is 12.4 Å². The zero-order valence-electron chi connectivity index (χ0n) is 11.9. The zero-order chi connectivity index (χ0) is 13.9. The third-order valence-electron chi connectivity index (χ3n) is 2.81. The maximum Gasteiger partial charge on any atom is 0.124 e. The molecule has 4 heteroatoms. The normalized spacial score (nSPS) is 12.4. The molecular formula is C15H25NO3. The van der Waals surface area contributed by atoms with Crippen LogP contribution in [0.2, 0.25) is 0 Å². The monoisotopic (exact) mass is 267 g/mol. The zero-order valence-corrected chi connectivity index (χ0v) is 11.9. The summed E-state index contributed by atoms with van der Waals surface area (Å²) in [4.78, 5) is 0. The lowest BCUT2D eigenvalue weighted by atomic mass is 10.1. The molecule has 0 fully saturated rings. The first-order valence-corrected chi connectivity index (χ1v) is 6.93. The molecular weight excluding hydrogens is 242 g/mol. The molecule has 0 aliphatic heterocycles. The smallest absolute Gasteiger partial charge is 0.124 e. The lowest BCUT2D eigenvalue weighted by molar-refractivity contribution is 0.0702. The van der Waals surface area contributed by atoms with Crippen LogP contribution in [-0.2, 0) is 4.74 Å². The van der Waals surface area contributed by atoms with Gasteiger partial charge in [-0.1, -0.05) is 25.1 Å². The van der Waals surface area contributed by atoms with E-state index in [0.29, 0.717) is 19.8 Å². The number of hydrogen-bond donors (Lipinski definition) is 2. The van der Waals surface area contributed by atoms with Crippen molar-refractivity contribution in [1.29, 1.82) is 0 Å². The molecule has 0 aliphatic carbocycles. The van der Waals surface area contributed by atoms with Crippen LogP contribution in [0.25, 0.3) is 0 Å². The van der Waals surface area contributed by atoms with Gasteiger partial charge in [0.25, 0.3) is 0 Å². The van der Waals surface area contributed by atoms with Crippen molar-refractivity contribution in [1.82, 2.24) is 5.32 Å². The SMILES string of the molecule is CCCNC(C)c1ccccc1OCCOCCO. The molecule has 2 N–H and O–H groups in total. The largest absolute Gasteiger partial charge is 0.491 e. The summed E-state index contributed by atoms with van der Waals surface area (Å²) in [5, 5.41) is 12.1. The van der Waals surface area contributed by atoms with E-state index in [1.54, 1.807) is 0 Å². The van der Waals surface area contributed by atoms with E-state index in [-0.39, 0.29) is 12.6 Å². The van der Waals surface area contributed by atoms with Crippen molar-refractivity contribution in [2.75, 3.05) is 33.0 Å². The van der Waals surface area contributed by atoms with E-state index in [0.717, 1.165) is 24.3 Å². The minimum Gasteiger partial charge on any atom is -0.491 e. The number of aliphatic hydroxyl groups is 1. The van der Waals surface area contributed by atoms with Crippen LogP contribution in [0.3, 0.4) is 0 Å². The van der Waals surface area contributed by atoms with Gasteiger partial charge in [-0.3, -0.25) is 0 Å². The van der Waals surface area contributed by atoms with Crippen molar-refractivity contribution < 1.29 is 14.6 Å². The maximum atomic E-state index is 8.61. The Kier molecular flexibility index (Phi) is 8.21. The van der Waals surface area contributed by atoms with Crippen molar-refractivity contribution in [2.45, 2.75) is 26.3 Å². The number of hydrogen-bond acceptors (Lipinski definition) is 4. The van der Waals surface area contributed by atoms with Crippen molar-refractivity contribution in [2.24, 2.45) is 0 Å². The van der Waals surface area contributed by atoms with E-state index in [2.05, 4.69) is 25.2 Å². The summed E-state index contributed by atoms with van der Waals surface area (Å²) in [7, 11) is 0. The molecule has 1 unspecified atom stereocenters. The van der Waals surface area contributed by atoms with E-state index < -0.39 is 0 Å². The third kappa shape index (κ3) is 6.05. The van der Waals surface area contributed by atoms with Gasteiger partial charge in [-0.15, -0.1) is 0 Å². The molecule has 4 nitrogen and oxygen atoms in total. The Hall–Kier alpha value is -1.10. The first kappa shape index (κ1) is 16.0. The Balaban J connectivity index is 2.47. The van der Waals surface area contributed by atoms with Crippen LogP contribution in [0.5, 0.6) is 5.75 Å². The molecule has 0 saturated carbocycles. The van der Waals surface area contributed by atoms with Gasteiger partial charge in [0, 0.05) is 11.6 Å². The van der Waals surface area contributed by atoms with Gasteiger partial charge in [-0.2, -0.15) is 0 Å². The summed E-state index contributed by atoms with van der Waals surface area (Å²) < 4.78 is 10.9. The lowest BCUT2D eigenvalue weighted by Gasteiger charge is -2.18. The average Bonchev–Trinajstić information content (AvgIpc) is 2.45. The summed E-state index contributed by atoms with van der Waals surface area (Å²) in [5.74, 6) is 0.895. The number of benzene rings is 1. The molecule has 108 valence electrons. The van der Waals surface area contributed by atoms with Gasteiger partial charge in [-0.25, -0.2) is 0 Å². The van der Waals surface area contributed by atoms with Crippen LogP contribution in [-0.4, -0.2) is 38.1 Å². The van der Waals surface area contributed by atoms with Gasteiger partial charge in [0.05, 0.1) is 19.8 Å². The van der Waals surface area contributed by atoms with Gasteiger partial charge in [0.2, 0.25) is 0 Å². The van der Waals surface area contributed by atoms with Gasteiger partial charge < -0.3 is 19.9 Å². The molecule has 0 saturated heterocycles. The number of rotatable bonds is 10. The minimum atomic E-state index is 0.0502. The number of nitrogens with one attached hydrogen (secondary N) is 1. The Labute approximate surface area is 115 Å². The third-order valence-corrected chi connectivity index (χ3v) is 2.81. The fraction of sp³-hybridized carbons (Fsp3) is 0.600. The van der Waals surface area contributed by atoms with Crippen LogP contribution in [0.15, 0.2) is 24.3 Å². The summed E-state index contributed by atoms with van der Waals surface area (Å²) in [6.07, 6.45) is 1.11. The van der Waals surface area contributed by atoms with Gasteiger partial charge >= 0.3 is 0 Å². The van der Waals surface area contributed by atoms with Crippen molar-refractivity contribution in [3.05, 3.63) is 29.8 Å². The quantitative estimate of drug-likeness (QED) is 0.638. The Bertz CT molecular complexity index is 344. The molecule has 0 spiro atoms. The fourth-order valence-corrected chi connectivity index (χ4v) is 1.82. The number of para-hydroxylation sites is 1. The predicted octanol–water partition coefficient (Wildman–Crippen LogP) is 2.13. The van der Waals surface area contributed by atoms with Crippen LogP contribution < -0.4 is 10.1 Å². The highest BCUT2D eigenvalue weighted by Crippen LogP contribution is 2.24. The Morgan fingerprint density at radius 1 is 1.21 bits per heavy atom. The topological polar surface area (TPSA) is 50.7 Å². The van der Waals surface area contributed by atoms with E-state index >= 15 is 0 Å². The van der Waals surface area contributed by atoms with E-state index in [4.69, 9.17) is 14.6 Å². The Morgan fingerprint density at radius 3 is 2.74 bits per heavy atom. The molecule has 1 aromatic carbocycles. The molecule has 1 atom stereocenters. The standard InChI is InChI=1S/C15H25NO3/c1-3-8-16-13(2)14-6-4-5-7-15(14)19-12-11-18-10-9-17/h4-7,13,16-17H,3,8-12H2,1-2H3. The van der Waals surface area contributed by atoms with E-state index in [1.165, 1.54) is 0 Å². The molecule has 0 amide bonds. The lowest BCUT2D eigenvalue weighted by Crippen LogP contribution is -2.20. The molecule has 0 aromatic heterocycles. The highest BCUT2D eigenvalue weighted by molar-refractivity contribution is 5.35. The highest BCUT2D eigenvalue weighted by Gasteiger charge is 2.10. The molecule has 0 heterocycles. The summed E-state index contributed by atoms with van der Waals surface area (Å²) in [5.41, 5.74) is 1.16. The first-order chi connectivity index (χ1) is 9.29. The maximum absolute atomic E-state index is 8.61. The molecule has 0 radical (unpaired) electrons. The van der Waals surface area contributed by atoms with Crippen molar-refractivity contribution in [3.63, 3.8) is 0 Å². The van der Waals surface area contributed by atoms with Crippen molar-refractivity contribution >= 4 is 0 Å². The highest BCUT2D eigenvalue weighted by atomic mass is 16.5. The van der Waals surface area contributed by atoms with E-state index in [9.17, 15) is 0 Å². The number of aliphatic hydroxyl groups excluding tert-OH is 1. The average molecular weight is 267 g/mol. The van der Waals surface area contributed by atoms with E-state index in [1.807, 2.05) is 18.2 Å². The fourth-order valence-electron chi connectivity index (χ4n) is 1.82. The second-order valence-electron chi connectivity index (χ2n) is 4.40. The Morgan fingerprint density at radius 2 is 2.00 bits per heavy atom. The summed E-state index contributed by atoms with van der Waals surface area (Å²) >= 11 is 0. The predicted molar refractivity (Wildman–Crippen MR) is 76.6 cm³/mol. The molecule has 0 aliphatic rings. The molecule has 1 aromatic rings. The van der Waals surface area contributed by atoms with Crippen LogP contribution in [0.4, 0.5) is 0 Å². The van der Waals surface area contributed by atoms with Crippen LogP contribution >= 0.6 is 0 Å². The second kappa shape index (κ2) is 9.78. The second-order valence-corrected chi connectivity index (χ2v) is 4.40. The summed E-state index contributed by atoms with van der Waals surface area (Å²) in [6, 6.07) is 8.33.